The summed E-state index contributed by atoms with van der Waals surface area (Å²) in [4.78, 5) is 40.4. The number of rotatable bonds is 4. The smallest absolute Gasteiger partial charge is 0.326 e. The highest BCUT2D eigenvalue weighted by Gasteiger charge is 2.33. The average Bonchev–Trinajstić information content (AvgIpc) is 3.19. The van der Waals surface area contributed by atoms with Crippen LogP contribution in [0.25, 0.3) is 0 Å². The third-order valence-electron chi connectivity index (χ3n) is 6.42. The molecule has 1 fully saturated rings. The molecule has 1 saturated heterocycles. The molecule has 3 amide bonds. The number of nitrogens with one attached hydrogen (secondary N) is 1. The summed E-state index contributed by atoms with van der Waals surface area (Å²) in [6, 6.07) is 12.5. The van der Waals surface area contributed by atoms with Gasteiger partial charge in [0, 0.05) is 30.9 Å². The highest BCUT2D eigenvalue weighted by Crippen LogP contribution is 2.28. The zero-order chi connectivity index (χ0) is 22.7. The number of hydrogen-bond donors (Lipinski definition) is 2. The molecule has 0 aromatic heterocycles. The quantitative estimate of drug-likeness (QED) is 0.766. The Hall–Kier alpha value is -3.35. The van der Waals surface area contributed by atoms with Crippen molar-refractivity contribution in [3.05, 3.63) is 64.7 Å². The SMILES string of the molecule is Cc1cc(C(=O)N2CCCCc3ccccc32)ccc1CNC(=O)N1CCC[C@H]1C(=O)O. The second kappa shape index (κ2) is 9.42. The van der Waals surface area contributed by atoms with Gasteiger partial charge in [0.15, 0.2) is 0 Å². The van der Waals surface area contributed by atoms with Gasteiger partial charge in [-0.3, -0.25) is 4.79 Å². The summed E-state index contributed by atoms with van der Waals surface area (Å²) < 4.78 is 0. The van der Waals surface area contributed by atoms with Gasteiger partial charge in [-0.05, 0) is 73.9 Å². The molecule has 0 saturated carbocycles. The van der Waals surface area contributed by atoms with E-state index < -0.39 is 12.0 Å². The third kappa shape index (κ3) is 4.47. The molecule has 7 heteroatoms. The summed E-state index contributed by atoms with van der Waals surface area (Å²) in [5, 5.41) is 12.1. The Kier molecular flexibility index (Phi) is 6.44. The zero-order valence-electron chi connectivity index (χ0n) is 18.3. The van der Waals surface area contributed by atoms with Gasteiger partial charge in [0.25, 0.3) is 5.91 Å². The molecule has 0 unspecified atom stereocenters. The number of aliphatic carboxylic acids is 1. The molecule has 1 atom stereocenters. The van der Waals surface area contributed by atoms with Crippen molar-refractivity contribution in [3.8, 4) is 0 Å². The Balaban J connectivity index is 1.45. The Bertz CT molecular complexity index is 1040. The van der Waals surface area contributed by atoms with Crippen molar-refractivity contribution >= 4 is 23.6 Å². The summed E-state index contributed by atoms with van der Waals surface area (Å²) in [6.45, 7) is 3.36. The highest BCUT2D eigenvalue weighted by atomic mass is 16.4. The minimum Gasteiger partial charge on any atom is -0.480 e. The van der Waals surface area contributed by atoms with Gasteiger partial charge < -0.3 is 20.2 Å². The number of anilines is 1. The molecule has 0 spiro atoms. The van der Waals surface area contributed by atoms with Gasteiger partial charge in [0.2, 0.25) is 0 Å². The van der Waals surface area contributed by atoms with E-state index in [9.17, 15) is 19.5 Å². The largest absolute Gasteiger partial charge is 0.480 e. The zero-order valence-corrected chi connectivity index (χ0v) is 18.3. The van der Waals surface area contributed by atoms with Crippen LogP contribution in [0.5, 0.6) is 0 Å². The van der Waals surface area contributed by atoms with E-state index in [-0.39, 0.29) is 18.5 Å². The summed E-state index contributed by atoms with van der Waals surface area (Å²) in [7, 11) is 0. The van der Waals surface area contributed by atoms with Crippen molar-refractivity contribution in [1.29, 1.82) is 0 Å². The molecule has 2 aromatic carbocycles. The standard InChI is InChI=1S/C25H29N3O4/c1-17-15-19(23(29)27-13-5-4-8-18-7-2-3-9-21(18)27)11-12-20(17)16-26-25(32)28-14-6-10-22(28)24(30)31/h2-3,7,9,11-12,15,22H,4-6,8,10,13-14,16H2,1H3,(H,26,32)(H,30,31)/t22-/m0/s1. The molecule has 2 heterocycles. The maximum Gasteiger partial charge on any atom is 0.326 e. The predicted molar refractivity (Wildman–Crippen MR) is 122 cm³/mol. The minimum absolute atomic E-state index is 0.0144. The molecule has 2 N–H and O–H groups in total. The number of hydrogen-bond acceptors (Lipinski definition) is 3. The van der Waals surface area contributed by atoms with Crippen LogP contribution in [0.1, 0.15) is 52.7 Å². The second-order valence-electron chi connectivity index (χ2n) is 8.53. The monoisotopic (exact) mass is 435 g/mol. The van der Waals surface area contributed by atoms with Crippen LogP contribution in [0.15, 0.2) is 42.5 Å². The van der Waals surface area contributed by atoms with Crippen LogP contribution in [0.4, 0.5) is 10.5 Å². The number of nitrogens with zero attached hydrogens (tertiary/aromatic N) is 2. The highest BCUT2D eigenvalue weighted by molar-refractivity contribution is 6.06. The first-order valence-corrected chi connectivity index (χ1v) is 11.2. The van der Waals surface area contributed by atoms with Crippen molar-refractivity contribution < 1.29 is 19.5 Å². The Labute approximate surface area is 188 Å². The van der Waals surface area contributed by atoms with E-state index in [2.05, 4.69) is 11.4 Å². The predicted octanol–water partition coefficient (Wildman–Crippen LogP) is 3.74. The van der Waals surface area contributed by atoms with Crippen LogP contribution in [0, 0.1) is 6.92 Å². The number of fused-ring (bicyclic) bond motifs is 1. The Morgan fingerprint density at radius 3 is 2.66 bits per heavy atom. The molecule has 0 bridgehead atoms. The average molecular weight is 436 g/mol. The Morgan fingerprint density at radius 1 is 1.06 bits per heavy atom. The fourth-order valence-corrected chi connectivity index (χ4v) is 4.62. The van der Waals surface area contributed by atoms with E-state index >= 15 is 0 Å². The van der Waals surface area contributed by atoms with Crippen LogP contribution >= 0.6 is 0 Å². The number of urea groups is 1. The van der Waals surface area contributed by atoms with E-state index in [1.807, 2.05) is 42.2 Å². The number of para-hydroxylation sites is 1. The summed E-state index contributed by atoms with van der Waals surface area (Å²) in [6.07, 6.45) is 4.20. The number of benzene rings is 2. The lowest BCUT2D eigenvalue weighted by molar-refractivity contribution is -0.141. The summed E-state index contributed by atoms with van der Waals surface area (Å²) in [5.74, 6) is -0.980. The van der Waals surface area contributed by atoms with E-state index in [1.54, 1.807) is 6.07 Å². The topological polar surface area (TPSA) is 90.0 Å². The van der Waals surface area contributed by atoms with E-state index in [1.165, 1.54) is 10.5 Å². The molecule has 2 aliphatic rings. The van der Waals surface area contributed by atoms with Crippen LogP contribution in [0.2, 0.25) is 0 Å². The number of carbonyl (C=O) groups excluding carboxylic acids is 2. The maximum absolute atomic E-state index is 13.3. The van der Waals surface area contributed by atoms with Crippen LogP contribution in [-0.2, 0) is 17.8 Å². The van der Waals surface area contributed by atoms with Crippen molar-refractivity contribution in [1.82, 2.24) is 10.2 Å². The van der Waals surface area contributed by atoms with Gasteiger partial charge in [0.05, 0.1) is 0 Å². The van der Waals surface area contributed by atoms with Crippen LogP contribution in [0.3, 0.4) is 0 Å². The third-order valence-corrected chi connectivity index (χ3v) is 6.42. The lowest BCUT2D eigenvalue weighted by Crippen LogP contribution is -2.45. The van der Waals surface area contributed by atoms with Crippen molar-refractivity contribution in [2.24, 2.45) is 0 Å². The lowest BCUT2D eigenvalue weighted by atomic mass is 10.0. The number of aryl methyl sites for hydroxylation is 2. The first-order chi connectivity index (χ1) is 15.5. The van der Waals surface area contributed by atoms with Gasteiger partial charge in [-0.25, -0.2) is 9.59 Å². The molecule has 2 aromatic rings. The summed E-state index contributed by atoms with van der Waals surface area (Å²) >= 11 is 0. The van der Waals surface area contributed by atoms with E-state index in [4.69, 9.17) is 0 Å². The molecule has 2 aliphatic heterocycles. The molecular weight excluding hydrogens is 406 g/mol. The molecule has 32 heavy (non-hydrogen) atoms. The molecule has 7 nitrogen and oxygen atoms in total. The van der Waals surface area contributed by atoms with Gasteiger partial charge in [-0.2, -0.15) is 0 Å². The first-order valence-electron chi connectivity index (χ1n) is 11.2. The van der Waals surface area contributed by atoms with Crippen molar-refractivity contribution in [3.63, 3.8) is 0 Å². The van der Waals surface area contributed by atoms with E-state index in [0.29, 0.717) is 31.5 Å². The van der Waals surface area contributed by atoms with Crippen LogP contribution in [-0.4, -0.2) is 47.0 Å². The van der Waals surface area contributed by atoms with Gasteiger partial charge in [0.1, 0.15) is 6.04 Å². The number of likely N-dealkylation sites (tertiary alicyclic amines) is 1. The molecule has 0 aliphatic carbocycles. The number of carboxylic acids is 1. The molecule has 0 radical (unpaired) electrons. The normalized spacial score (nSPS) is 18.1. The Morgan fingerprint density at radius 2 is 1.88 bits per heavy atom. The molecular formula is C25H29N3O4. The first kappa shape index (κ1) is 21.9. The van der Waals surface area contributed by atoms with Crippen molar-refractivity contribution in [2.45, 2.75) is 51.6 Å². The number of amides is 3. The number of carboxylic acid groups (broad SMARTS) is 1. The summed E-state index contributed by atoms with van der Waals surface area (Å²) in [5.41, 5.74) is 4.63. The number of carbonyl (C=O) groups is 3. The minimum atomic E-state index is -0.966. The fourth-order valence-electron chi connectivity index (χ4n) is 4.62. The van der Waals surface area contributed by atoms with E-state index in [0.717, 1.165) is 36.1 Å². The molecule has 168 valence electrons. The lowest BCUT2D eigenvalue weighted by Gasteiger charge is -2.24. The van der Waals surface area contributed by atoms with Gasteiger partial charge in [-0.1, -0.05) is 24.3 Å². The van der Waals surface area contributed by atoms with Crippen LogP contribution < -0.4 is 10.2 Å². The van der Waals surface area contributed by atoms with Gasteiger partial charge in [-0.15, -0.1) is 0 Å². The second-order valence-corrected chi connectivity index (χ2v) is 8.53. The van der Waals surface area contributed by atoms with Crippen molar-refractivity contribution in [2.75, 3.05) is 18.0 Å². The fraction of sp³-hybridized carbons (Fsp3) is 0.400. The maximum atomic E-state index is 13.3. The van der Waals surface area contributed by atoms with Gasteiger partial charge >= 0.3 is 12.0 Å². The molecule has 4 rings (SSSR count).